The van der Waals surface area contributed by atoms with Crippen LogP contribution in [0.15, 0.2) is 60.9 Å². The van der Waals surface area contributed by atoms with Crippen LogP contribution < -0.4 is 10.2 Å². The quantitative estimate of drug-likeness (QED) is 0.654. The third kappa shape index (κ3) is 4.12. The second kappa shape index (κ2) is 8.17. The molecule has 0 atom stereocenters. The normalized spacial score (nSPS) is 10.4. The molecule has 0 saturated heterocycles. The van der Waals surface area contributed by atoms with E-state index >= 15 is 0 Å². The van der Waals surface area contributed by atoms with Crippen molar-refractivity contribution in [1.82, 2.24) is 9.97 Å². The van der Waals surface area contributed by atoms with Crippen molar-refractivity contribution in [2.45, 2.75) is 6.92 Å². The summed E-state index contributed by atoms with van der Waals surface area (Å²) in [6.45, 7) is 2.71. The number of rotatable bonds is 5. The van der Waals surface area contributed by atoms with Gasteiger partial charge in [-0.2, -0.15) is 0 Å². The minimum atomic E-state index is -0.358. The van der Waals surface area contributed by atoms with E-state index in [1.165, 1.54) is 12.4 Å². The fourth-order valence-electron chi connectivity index (χ4n) is 2.41. The van der Waals surface area contributed by atoms with Crippen molar-refractivity contribution >= 4 is 46.4 Å². The van der Waals surface area contributed by atoms with Gasteiger partial charge in [0.2, 0.25) is 5.95 Å². The molecule has 1 N–H and O–H groups in total. The van der Waals surface area contributed by atoms with Crippen LogP contribution >= 0.6 is 23.2 Å². The van der Waals surface area contributed by atoms with Crippen LogP contribution in [0.3, 0.4) is 0 Å². The molecular weight excluding hydrogens is 371 g/mol. The maximum atomic E-state index is 12.4. The van der Waals surface area contributed by atoms with E-state index in [1.54, 1.807) is 18.2 Å². The van der Waals surface area contributed by atoms with Crippen LogP contribution in [0.4, 0.5) is 17.3 Å². The lowest BCUT2D eigenvalue weighted by molar-refractivity contribution is 0.102. The molecule has 0 fully saturated rings. The number of nitrogens with one attached hydrogen (secondary N) is 1. The Kier molecular flexibility index (Phi) is 5.71. The van der Waals surface area contributed by atoms with Crippen LogP contribution in [0.2, 0.25) is 10.0 Å². The number of aromatic nitrogens is 2. The molecule has 0 radical (unpaired) electrons. The van der Waals surface area contributed by atoms with Gasteiger partial charge in [-0.15, -0.1) is 0 Å². The molecule has 7 heteroatoms. The van der Waals surface area contributed by atoms with Crippen molar-refractivity contribution in [2.24, 2.45) is 0 Å². The highest BCUT2D eigenvalue weighted by atomic mass is 35.5. The third-order valence-electron chi connectivity index (χ3n) is 3.70. The van der Waals surface area contributed by atoms with Crippen LogP contribution in [-0.4, -0.2) is 22.4 Å². The zero-order valence-corrected chi connectivity index (χ0v) is 15.5. The van der Waals surface area contributed by atoms with Crippen molar-refractivity contribution in [2.75, 3.05) is 16.8 Å². The number of halogens is 2. The maximum Gasteiger partial charge on any atom is 0.258 e. The highest BCUT2D eigenvalue weighted by Gasteiger charge is 2.13. The SMILES string of the molecule is CCN(c1ccccc1)c1ncc(C(=O)Nc2cc(Cl)ccc2Cl)cn1. The fourth-order valence-corrected chi connectivity index (χ4v) is 2.75. The summed E-state index contributed by atoms with van der Waals surface area (Å²) in [6.07, 6.45) is 2.98. The van der Waals surface area contributed by atoms with E-state index < -0.39 is 0 Å². The summed E-state index contributed by atoms with van der Waals surface area (Å²) in [7, 11) is 0. The van der Waals surface area contributed by atoms with Crippen molar-refractivity contribution in [1.29, 1.82) is 0 Å². The molecule has 1 heterocycles. The molecule has 0 aliphatic rings. The van der Waals surface area contributed by atoms with Gasteiger partial charge in [0.25, 0.3) is 5.91 Å². The molecule has 1 amide bonds. The molecule has 0 saturated carbocycles. The first kappa shape index (κ1) is 18.2. The molecular formula is C19H16Cl2N4O. The summed E-state index contributed by atoms with van der Waals surface area (Å²) in [5.41, 5.74) is 1.75. The summed E-state index contributed by atoms with van der Waals surface area (Å²) in [6, 6.07) is 14.7. The number of nitrogens with zero attached hydrogens (tertiary/aromatic N) is 3. The molecule has 0 bridgehead atoms. The second-order valence-corrected chi connectivity index (χ2v) is 6.27. The van der Waals surface area contributed by atoms with E-state index in [4.69, 9.17) is 23.2 Å². The standard InChI is InChI=1S/C19H16Cl2N4O/c1-2-25(15-6-4-3-5-7-15)19-22-11-13(12-23-19)18(26)24-17-10-14(20)8-9-16(17)21/h3-12H,2H2,1H3,(H,24,26). The Balaban J connectivity index is 1.78. The van der Waals surface area contributed by atoms with Gasteiger partial charge in [-0.1, -0.05) is 41.4 Å². The van der Waals surface area contributed by atoms with Crippen molar-refractivity contribution < 1.29 is 4.79 Å². The number of hydrogen-bond donors (Lipinski definition) is 1. The number of para-hydroxylation sites is 1. The Hall–Kier alpha value is -2.63. The van der Waals surface area contributed by atoms with Gasteiger partial charge in [0.15, 0.2) is 0 Å². The number of hydrogen-bond acceptors (Lipinski definition) is 4. The highest BCUT2D eigenvalue weighted by Crippen LogP contribution is 2.26. The molecule has 2 aromatic carbocycles. The van der Waals surface area contributed by atoms with Crippen LogP contribution in [0, 0.1) is 0 Å². The Morgan fingerprint density at radius 1 is 1.08 bits per heavy atom. The number of amides is 1. The zero-order valence-electron chi connectivity index (χ0n) is 14.0. The van der Waals surface area contributed by atoms with Crippen LogP contribution in [0.5, 0.6) is 0 Å². The van der Waals surface area contributed by atoms with E-state index in [0.29, 0.717) is 33.8 Å². The van der Waals surface area contributed by atoms with E-state index in [-0.39, 0.29) is 5.91 Å². The fraction of sp³-hybridized carbons (Fsp3) is 0.105. The minimum Gasteiger partial charge on any atom is -0.320 e. The Morgan fingerprint density at radius 2 is 1.77 bits per heavy atom. The van der Waals surface area contributed by atoms with Crippen LogP contribution in [0.1, 0.15) is 17.3 Å². The van der Waals surface area contributed by atoms with Gasteiger partial charge in [0.05, 0.1) is 16.3 Å². The Bertz CT molecular complexity index is 901. The molecule has 0 aliphatic heterocycles. The summed E-state index contributed by atoms with van der Waals surface area (Å²) in [4.78, 5) is 23.0. The molecule has 5 nitrogen and oxygen atoms in total. The second-order valence-electron chi connectivity index (χ2n) is 5.43. The van der Waals surface area contributed by atoms with Crippen LogP contribution in [-0.2, 0) is 0 Å². The van der Waals surface area contributed by atoms with Crippen LogP contribution in [0.25, 0.3) is 0 Å². The monoisotopic (exact) mass is 386 g/mol. The van der Waals surface area contributed by atoms with E-state index in [0.717, 1.165) is 5.69 Å². The van der Waals surface area contributed by atoms with Gasteiger partial charge in [-0.25, -0.2) is 9.97 Å². The number of benzene rings is 2. The summed E-state index contributed by atoms with van der Waals surface area (Å²) in [5, 5.41) is 3.60. The maximum absolute atomic E-state index is 12.4. The van der Waals surface area contributed by atoms with Gasteiger partial charge in [0, 0.05) is 29.6 Å². The molecule has 26 heavy (non-hydrogen) atoms. The minimum absolute atomic E-state index is 0.328. The molecule has 0 aliphatic carbocycles. The summed E-state index contributed by atoms with van der Waals surface area (Å²) < 4.78 is 0. The first-order valence-electron chi connectivity index (χ1n) is 7.99. The molecule has 0 spiro atoms. The lowest BCUT2D eigenvalue weighted by Gasteiger charge is -2.20. The van der Waals surface area contributed by atoms with Gasteiger partial charge < -0.3 is 10.2 Å². The molecule has 1 aromatic heterocycles. The number of anilines is 3. The topological polar surface area (TPSA) is 58.1 Å². The molecule has 3 rings (SSSR count). The Morgan fingerprint density at radius 3 is 2.42 bits per heavy atom. The molecule has 3 aromatic rings. The summed E-state index contributed by atoms with van der Waals surface area (Å²) >= 11 is 12.0. The predicted octanol–water partition coefficient (Wildman–Crippen LogP) is 5.19. The number of carbonyl (C=O) groups excluding carboxylic acids is 1. The summed E-state index contributed by atoms with van der Waals surface area (Å²) in [5.74, 6) is 0.166. The average molecular weight is 387 g/mol. The van der Waals surface area contributed by atoms with Gasteiger partial charge in [0.1, 0.15) is 0 Å². The lowest BCUT2D eigenvalue weighted by Crippen LogP contribution is -2.20. The van der Waals surface area contributed by atoms with E-state index in [1.807, 2.05) is 42.2 Å². The smallest absolute Gasteiger partial charge is 0.258 e. The lowest BCUT2D eigenvalue weighted by atomic mass is 10.2. The third-order valence-corrected chi connectivity index (χ3v) is 4.27. The van der Waals surface area contributed by atoms with Crippen molar-refractivity contribution in [3.05, 3.63) is 76.5 Å². The zero-order chi connectivity index (χ0) is 18.5. The Labute approximate surface area is 161 Å². The van der Waals surface area contributed by atoms with Gasteiger partial charge in [-0.05, 0) is 37.3 Å². The van der Waals surface area contributed by atoms with Crippen molar-refractivity contribution in [3.63, 3.8) is 0 Å². The highest BCUT2D eigenvalue weighted by molar-refractivity contribution is 6.35. The van der Waals surface area contributed by atoms with Crippen molar-refractivity contribution in [3.8, 4) is 0 Å². The first-order chi connectivity index (χ1) is 12.6. The average Bonchev–Trinajstić information content (AvgIpc) is 2.67. The molecule has 132 valence electrons. The van der Waals surface area contributed by atoms with Gasteiger partial charge in [-0.3, -0.25) is 4.79 Å². The van der Waals surface area contributed by atoms with Gasteiger partial charge >= 0.3 is 0 Å². The van der Waals surface area contributed by atoms with E-state index in [2.05, 4.69) is 15.3 Å². The number of carbonyl (C=O) groups is 1. The van der Waals surface area contributed by atoms with E-state index in [9.17, 15) is 4.79 Å². The largest absolute Gasteiger partial charge is 0.320 e. The predicted molar refractivity (Wildman–Crippen MR) is 106 cm³/mol. The first-order valence-corrected chi connectivity index (χ1v) is 8.75. The molecule has 0 unspecified atom stereocenters.